The number of ether oxygens (including phenoxy) is 2. The number of aromatic nitrogens is 3. The summed E-state index contributed by atoms with van der Waals surface area (Å²) in [5.74, 6) is -2.98. The van der Waals surface area contributed by atoms with Crippen molar-refractivity contribution in [1.29, 1.82) is 5.26 Å². The summed E-state index contributed by atoms with van der Waals surface area (Å²) in [6.07, 6.45) is -2.38. The van der Waals surface area contributed by atoms with Crippen LogP contribution in [-0.2, 0) is 19.3 Å². The third-order valence-electron chi connectivity index (χ3n) is 9.42. The fourth-order valence-electron chi connectivity index (χ4n) is 6.68. The highest BCUT2D eigenvalue weighted by molar-refractivity contribution is 5.93. The maximum Gasteiger partial charge on any atom is 0.416 e. The van der Waals surface area contributed by atoms with Gasteiger partial charge in [0, 0.05) is 61.6 Å². The van der Waals surface area contributed by atoms with E-state index in [-0.39, 0.29) is 40.1 Å². The Morgan fingerprint density at radius 2 is 1.75 bits per heavy atom. The number of imidazole rings is 1. The lowest BCUT2D eigenvalue weighted by Crippen LogP contribution is -2.73. The van der Waals surface area contributed by atoms with Gasteiger partial charge in [0.15, 0.2) is 17.5 Å². The van der Waals surface area contributed by atoms with Gasteiger partial charge in [0.2, 0.25) is 5.95 Å². The van der Waals surface area contributed by atoms with Crippen LogP contribution < -0.4 is 19.3 Å². The van der Waals surface area contributed by atoms with Crippen LogP contribution in [0.25, 0.3) is 11.0 Å². The molecule has 1 spiro atoms. The molecule has 3 fully saturated rings. The Labute approximate surface area is 270 Å². The van der Waals surface area contributed by atoms with Gasteiger partial charge in [-0.15, -0.1) is 0 Å². The Morgan fingerprint density at radius 1 is 1.02 bits per heavy atom. The maximum absolute atomic E-state index is 14.9. The molecular weight excluding hydrogens is 639 g/mol. The number of benzene rings is 2. The van der Waals surface area contributed by atoms with E-state index >= 15 is 0 Å². The molecule has 1 saturated carbocycles. The molecule has 2 aromatic carbocycles. The number of aromatic carboxylic acids is 1. The van der Waals surface area contributed by atoms with Gasteiger partial charge in [-0.3, -0.25) is 0 Å². The first kappa shape index (κ1) is 31.5. The molecule has 2 aromatic heterocycles. The highest BCUT2D eigenvalue weighted by atomic mass is 19.4. The molecule has 0 atom stereocenters. The van der Waals surface area contributed by atoms with Gasteiger partial charge >= 0.3 is 12.1 Å². The number of nitriles is 1. The van der Waals surface area contributed by atoms with E-state index in [0.717, 1.165) is 25.0 Å². The smallest absolute Gasteiger partial charge is 0.416 e. The quantitative estimate of drug-likeness (QED) is 0.202. The number of hydrogen-bond donors (Lipinski definition) is 1. The average molecular weight is 669 g/mol. The number of rotatable bonds is 10. The SMILES string of the molecule is COc1cc(C(F)(F)F)ccc1COc1nc(N2CC3(C2)CN(c2nc4ccc(C(=O)O)cc4n2CC2(CC#N)CC2)C3)c(F)cc1F. The van der Waals surface area contributed by atoms with E-state index in [1.54, 1.807) is 17.0 Å². The number of alkyl halides is 3. The second-order valence-corrected chi connectivity index (χ2v) is 12.9. The van der Waals surface area contributed by atoms with Gasteiger partial charge in [-0.25, -0.2) is 18.6 Å². The van der Waals surface area contributed by atoms with Crippen LogP contribution in [0.2, 0.25) is 0 Å². The molecule has 10 nitrogen and oxygen atoms in total. The first-order chi connectivity index (χ1) is 22.8. The molecule has 7 rings (SSSR count). The molecule has 2 saturated heterocycles. The van der Waals surface area contributed by atoms with E-state index in [0.29, 0.717) is 62.2 Å². The lowest BCUT2D eigenvalue weighted by atomic mass is 9.73. The Kier molecular flexibility index (Phi) is 7.37. The zero-order chi connectivity index (χ0) is 34.0. The average Bonchev–Trinajstić information content (AvgIpc) is 3.67. The summed E-state index contributed by atoms with van der Waals surface area (Å²) >= 11 is 0. The highest BCUT2D eigenvalue weighted by Gasteiger charge is 2.54. The summed E-state index contributed by atoms with van der Waals surface area (Å²) in [5.41, 5.74) is 0.410. The third kappa shape index (κ3) is 5.58. The summed E-state index contributed by atoms with van der Waals surface area (Å²) in [6, 6.07) is 10.6. The Morgan fingerprint density at radius 3 is 2.40 bits per heavy atom. The van der Waals surface area contributed by atoms with E-state index in [2.05, 4.69) is 16.0 Å². The predicted molar refractivity (Wildman–Crippen MR) is 162 cm³/mol. The van der Waals surface area contributed by atoms with Crippen molar-refractivity contribution in [2.45, 2.75) is 38.6 Å². The van der Waals surface area contributed by atoms with Crippen LogP contribution in [0.3, 0.4) is 0 Å². The molecule has 4 heterocycles. The summed E-state index contributed by atoms with van der Waals surface area (Å²) in [6.45, 7) is 2.20. The van der Waals surface area contributed by atoms with E-state index in [1.165, 1.54) is 19.2 Å². The number of carbonyl (C=O) groups is 1. The summed E-state index contributed by atoms with van der Waals surface area (Å²) < 4.78 is 81.4. The van der Waals surface area contributed by atoms with Gasteiger partial charge in [-0.2, -0.15) is 23.4 Å². The Hall–Kier alpha value is -5.13. The molecule has 0 unspecified atom stereocenters. The Bertz CT molecular complexity index is 1970. The Balaban J connectivity index is 1.05. The van der Waals surface area contributed by atoms with Crippen LogP contribution >= 0.6 is 0 Å². The zero-order valence-electron chi connectivity index (χ0n) is 25.7. The minimum absolute atomic E-state index is 0.0972. The van der Waals surface area contributed by atoms with Crippen molar-refractivity contribution in [1.82, 2.24) is 14.5 Å². The van der Waals surface area contributed by atoms with Gasteiger partial charge in [0.05, 0.1) is 35.3 Å². The number of nitrogens with zero attached hydrogens (tertiary/aromatic N) is 6. The van der Waals surface area contributed by atoms with Crippen LogP contribution in [0, 0.1) is 33.8 Å². The number of carboxylic acid groups (broad SMARTS) is 1. The normalized spacial score (nSPS) is 17.5. The number of pyridine rings is 1. The van der Waals surface area contributed by atoms with E-state index in [1.807, 2.05) is 4.57 Å². The van der Waals surface area contributed by atoms with Crippen molar-refractivity contribution in [2.75, 3.05) is 43.1 Å². The monoisotopic (exact) mass is 668 g/mol. The van der Waals surface area contributed by atoms with Crippen LogP contribution in [0.15, 0.2) is 42.5 Å². The van der Waals surface area contributed by atoms with E-state index in [4.69, 9.17) is 14.5 Å². The molecule has 250 valence electrons. The van der Waals surface area contributed by atoms with Crippen LogP contribution in [-0.4, -0.2) is 58.9 Å². The fraction of sp³-hybridized carbons (Fsp3) is 0.394. The number of hydrogen-bond acceptors (Lipinski definition) is 8. The summed E-state index contributed by atoms with van der Waals surface area (Å²) in [5, 5.41) is 19.0. The third-order valence-corrected chi connectivity index (χ3v) is 9.42. The summed E-state index contributed by atoms with van der Waals surface area (Å²) in [4.78, 5) is 24.3. The first-order valence-corrected chi connectivity index (χ1v) is 15.2. The second-order valence-electron chi connectivity index (χ2n) is 12.9. The maximum atomic E-state index is 14.9. The number of fused-ring (bicyclic) bond motifs is 1. The number of methoxy groups -OCH3 is 1. The minimum Gasteiger partial charge on any atom is -0.496 e. The molecule has 0 amide bonds. The standard InChI is InChI=1S/C33H29F5N6O4/c1-47-26-11-21(33(36,37)38)4-2-20(26)13-48-28-23(35)12-22(34)27(41-28)42-14-32(15-42)16-43(17-32)30-40-24-5-3-19(29(45)46)10-25(24)44(30)18-31(6-7-31)8-9-39/h2-5,10-12H,6-8,13-18H2,1H3,(H,45,46). The molecule has 15 heteroatoms. The highest BCUT2D eigenvalue weighted by Crippen LogP contribution is 2.52. The van der Waals surface area contributed by atoms with Gasteiger partial charge in [0.1, 0.15) is 12.4 Å². The van der Waals surface area contributed by atoms with Crippen LogP contribution in [0.4, 0.5) is 33.7 Å². The second kappa shape index (κ2) is 11.2. The molecule has 4 aromatic rings. The predicted octanol–water partition coefficient (Wildman–Crippen LogP) is 6.03. The van der Waals surface area contributed by atoms with Crippen molar-refractivity contribution in [3.8, 4) is 17.7 Å². The van der Waals surface area contributed by atoms with Crippen LogP contribution in [0.5, 0.6) is 11.6 Å². The first-order valence-electron chi connectivity index (χ1n) is 15.2. The fourth-order valence-corrected chi connectivity index (χ4v) is 6.68. The molecule has 3 aliphatic rings. The number of carboxylic acids is 1. The topological polar surface area (TPSA) is 117 Å². The van der Waals surface area contributed by atoms with Crippen molar-refractivity contribution in [2.24, 2.45) is 10.8 Å². The molecular formula is C33H29F5N6O4. The van der Waals surface area contributed by atoms with E-state index < -0.39 is 35.2 Å². The summed E-state index contributed by atoms with van der Waals surface area (Å²) in [7, 11) is 1.21. The molecule has 1 N–H and O–H groups in total. The van der Waals surface area contributed by atoms with Crippen molar-refractivity contribution >= 4 is 28.8 Å². The van der Waals surface area contributed by atoms with Gasteiger partial charge in [-0.05, 0) is 43.2 Å². The lowest BCUT2D eigenvalue weighted by Gasteiger charge is -2.60. The zero-order valence-corrected chi connectivity index (χ0v) is 25.7. The van der Waals surface area contributed by atoms with Crippen molar-refractivity contribution in [3.05, 3.63) is 70.8 Å². The molecule has 2 aliphatic heterocycles. The largest absolute Gasteiger partial charge is 0.496 e. The number of halogens is 5. The lowest BCUT2D eigenvalue weighted by molar-refractivity contribution is -0.137. The number of anilines is 2. The van der Waals surface area contributed by atoms with Crippen molar-refractivity contribution in [3.63, 3.8) is 0 Å². The molecule has 1 aliphatic carbocycles. The van der Waals surface area contributed by atoms with Gasteiger partial charge in [-0.1, -0.05) is 6.07 Å². The molecule has 0 bridgehead atoms. The van der Waals surface area contributed by atoms with E-state index in [9.17, 15) is 37.1 Å². The van der Waals surface area contributed by atoms with Crippen molar-refractivity contribution < 1.29 is 41.3 Å². The minimum atomic E-state index is -4.57. The van der Waals surface area contributed by atoms with Crippen LogP contribution in [0.1, 0.15) is 40.7 Å². The van der Waals surface area contributed by atoms with Gasteiger partial charge < -0.3 is 28.9 Å². The molecule has 48 heavy (non-hydrogen) atoms. The van der Waals surface area contributed by atoms with Gasteiger partial charge in [0.25, 0.3) is 5.88 Å². The molecule has 0 radical (unpaired) electrons.